The molecule has 112 valence electrons. The van der Waals surface area contributed by atoms with Gasteiger partial charge in [0.1, 0.15) is 5.75 Å². The van der Waals surface area contributed by atoms with E-state index in [2.05, 4.69) is 37.4 Å². The molecule has 2 rings (SSSR count). The number of benzene rings is 1. The van der Waals surface area contributed by atoms with Crippen molar-refractivity contribution >= 4 is 11.8 Å². The lowest BCUT2D eigenvalue weighted by Crippen LogP contribution is -2.38. The monoisotopic (exact) mass is 295 g/mol. The first-order valence-corrected chi connectivity index (χ1v) is 8.49. The molecule has 1 aliphatic heterocycles. The van der Waals surface area contributed by atoms with Gasteiger partial charge in [-0.1, -0.05) is 24.6 Å². The third kappa shape index (κ3) is 3.90. The van der Waals surface area contributed by atoms with Crippen LogP contribution in [0.15, 0.2) is 18.2 Å². The fourth-order valence-corrected chi connectivity index (χ4v) is 3.44. The van der Waals surface area contributed by atoms with Crippen molar-refractivity contribution < 1.29 is 9.47 Å². The maximum atomic E-state index is 5.99. The average Bonchev–Trinajstić information content (AvgIpc) is 2.49. The number of ether oxygens (including phenoxy) is 2. The van der Waals surface area contributed by atoms with Gasteiger partial charge in [0.25, 0.3) is 0 Å². The van der Waals surface area contributed by atoms with Crippen LogP contribution in [-0.2, 0) is 4.74 Å². The van der Waals surface area contributed by atoms with E-state index < -0.39 is 0 Å². The zero-order valence-corrected chi connectivity index (χ0v) is 13.5. The van der Waals surface area contributed by atoms with Crippen molar-refractivity contribution in [2.45, 2.75) is 32.4 Å². The van der Waals surface area contributed by atoms with E-state index >= 15 is 0 Å². The summed E-state index contributed by atoms with van der Waals surface area (Å²) in [4.78, 5) is 0. The van der Waals surface area contributed by atoms with Gasteiger partial charge in [-0.25, -0.2) is 0 Å². The van der Waals surface area contributed by atoms with E-state index in [1.54, 1.807) is 7.11 Å². The number of thioether (sulfide) groups is 1. The van der Waals surface area contributed by atoms with Crippen LogP contribution in [0.4, 0.5) is 0 Å². The van der Waals surface area contributed by atoms with Crippen molar-refractivity contribution in [3.63, 3.8) is 0 Å². The first-order chi connectivity index (χ1) is 9.76. The van der Waals surface area contributed by atoms with Gasteiger partial charge in [0.05, 0.1) is 25.9 Å². The SMILES string of the molecule is CCCNC(c1cc(C)ccc1OC)C1CSCCO1. The summed E-state index contributed by atoms with van der Waals surface area (Å²) in [7, 11) is 1.74. The molecule has 0 radical (unpaired) electrons. The topological polar surface area (TPSA) is 30.5 Å². The summed E-state index contributed by atoms with van der Waals surface area (Å²) >= 11 is 1.97. The van der Waals surface area contributed by atoms with Gasteiger partial charge in [-0.3, -0.25) is 0 Å². The minimum absolute atomic E-state index is 0.206. The van der Waals surface area contributed by atoms with Gasteiger partial charge in [-0.15, -0.1) is 0 Å². The molecule has 1 fully saturated rings. The second-order valence-corrected chi connectivity index (χ2v) is 6.31. The average molecular weight is 295 g/mol. The molecule has 0 saturated carbocycles. The Labute approximate surface area is 126 Å². The fourth-order valence-electron chi connectivity index (χ4n) is 2.54. The lowest BCUT2D eigenvalue weighted by Gasteiger charge is -2.32. The van der Waals surface area contributed by atoms with Crippen molar-refractivity contribution in [3.05, 3.63) is 29.3 Å². The van der Waals surface area contributed by atoms with E-state index in [9.17, 15) is 0 Å². The van der Waals surface area contributed by atoms with Gasteiger partial charge in [-0.2, -0.15) is 11.8 Å². The van der Waals surface area contributed by atoms with Crippen LogP contribution in [0.5, 0.6) is 5.75 Å². The molecular formula is C16H25NO2S. The molecule has 1 aliphatic rings. The number of aryl methyl sites for hydroxylation is 1. The smallest absolute Gasteiger partial charge is 0.123 e. The van der Waals surface area contributed by atoms with E-state index in [0.29, 0.717) is 0 Å². The molecule has 2 unspecified atom stereocenters. The fraction of sp³-hybridized carbons (Fsp3) is 0.625. The van der Waals surface area contributed by atoms with Gasteiger partial charge in [0, 0.05) is 17.1 Å². The standard InChI is InChI=1S/C16H25NO2S/c1-4-7-17-16(15-11-20-9-8-19-15)13-10-12(2)5-6-14(13)18-3/h5-6,10,15-17H,4,7-9,11H2,1-3H3. The predicted octanol–water partition coefficient (Wildman–Crippen LogP) is 3.18. The summed E-state index contributed by atoms with van der Waals surface area (Å²) in [5, 5.41) is 3.64. The number of rotatable bonds is 6. The highest BCUT2D eigenvalue weighted by Crippen LogP contribution is 2.32. The second kappa shape index (κ2) is 7.91. The van der Waals surface area contributed by atoms with Crippen LogP contribution in [0.3, 0.4) is 0 Å². The molecule has 1 saturated heterocycles. The Morgan fingerprint density at radius 1 is 1.50 bits per heavy atom. The first-order valence-electron chi connectivity index (χ1n) is 7.33. The van der Waals surface area contributed by atoms with E-state index in [-0.39, 0.29) is 12.1 Å². The van der Waals surface area contributed by atoms with E-state index in [4.69, 9.17) is 9.47 Å². The molecule has 0 aliphatic carbocycles. The summed E-state index contributed by atoms with van der Waals surface area (Å²) in [5.41, 5.74) is 2.47. The van der Waals surface area contributed by atoms with Gasteiger partial charge in [0.15, 0.2) is 0 Å². The zero-order chi connectivity index (χ0) is 14.4. The van der Waals surface area contributed by atoms with Gasteiger partial charge in [0.2, 0.25) is 0 Å². The Hall–Kier alpha value is -0.710. The number of hydrogen-bond acceptors (Lipinski definition) is 4. The molecule has 3 nitrogen and oxygen atoms in total. The normalized spacial score (nSPS) is 20.6. The molecule has 1 aromatic rings. The third-order valence-corrected chi connectivity index (χ3v) is 4.57. The van der Waals surface area contributed by atoms with Crippen molar-refractivity contribution in [1.82, 2.24) is 5.32 Å². The van der Waals surface area contributed by atoms with Crippen LogP contribution >= 0.6 is 11.8 Å². The number of hydrogen-bond donors (Lipinski definition) is 1. The summed E-state index contributed by atoms with van der Waals surface area (Å²) in [6.45, 7) is 6.14. The predicted molar refractivity (Wildman–Crippen MR) is 85.8 cm³/mol. The largest absolute Gasteiger partial charge is 0.496 e. The summed E-state index contributed by atoms with van der Waals surface area (Å²) < 4.78 is 11.5. The Balaban J connectivity index is 2.26. The molecule has 1 N–H and O–H groups in total. The van der Waals surface area contributed by atoms with Crippen LogP contribution in [0.1, 0.15) is 30.5 Å². The molecule has 1 aromatic carbocycles. The molecule has 1 heterocycles. The Kier molecular flexibility index (Phi) is 6.20. The molecule has 0 aromatic heterocycles. The molecule has 20 heavy (non-hydrogen) atoms. The third-order valence-electron chi connectivity index (χ3n) is 3.55. The van der Waals surface area contributed by atoms with Crippen LogP contribution in [0.25, 0.3) is 0 Å². The van der Waals surface area contributed by atoms with Crippen molar-refractivity contribution in [1.29, 1.82) is 0 Å². The second-order valence-electron chi connectivity index (χ2n) is 5.16. The minimum atomic E-state index is 0.206. The van der Waals surface area contributed by atoms with E-state index in [1.165, 1.54) is 11.1 Å². The number of methoxy groups -OCH3 is 1. The van der Waals surface area contributed by atoms with Crippen LogP contribution in [0, 0.1) is 6.92 Å². The highest BCUT2D eigenvalue weighted by molar-refractivity contribution is 7.99. The van der Waals surface area contributed by atoms with E-state index in [0.717, 1.165) is 36.8 Å². The van der Waals surface area contributed by atoms with Crippen LogP contribution < -0.4 is 10.1 Å². The molecule has 0 bridgehead atoms. The van der Waals surface area contributed by atoms with E-state index in [1.807, 2.05) is 11.8 Å². The molecule has 0 amide bonds. The maximum absolute atomic E-state index is 5.99. The molecular weight excluding hydrogens is 270 g/mol. The minimum Gasteiger partial charge on any atom is -0.496 e. The first kappa shape index (κ1) is 15.7. The lowest BCUT2D eigenvalue weighted by atomic mass is 9.98. The Morgan fingerprint density at radius 3 is 3.00 bits per heavy atom. The summed E-state index contributed by atoms with van der Waals surface area (Å²) in [6.07, 6.45) is 1.33. The number of nitrogens with one attached hydrogen (secondary N) is 1. The molecule has 2 atom stereocenters. The molecule has 0 spiro atoms. The molecule has 4 heteroatoms. The van der Waals surface area contributed by atoms with Crippen LogP contribution in [-0.4, -0.2) is 37.9 Å². The summed E-state index contributed by atoms with van der Waals surface area (Å²) in [5.74, 6) is 3.09. The maximum Gasteiger partial charge on any atom is 0.123 e. The van der Waals surface area contributed by atoms with Crippen molar-refractivity contribution in [2.75, 3.05) is 31.8 Å². The Morgan fingerprint density at radius 2 is 2.35 bits per heavy atom. The van der Waals surface area contributed by atoms with Gasteiger partial charge >= 0.3 is 0 Å². The lowest BCUT2D eigenvalue weighted by molar-refractivity contribution is 0.0461. The Bertz CT molecular complexity index is 419. The van der Waals surface area contributed by atoms with Crippen molar-refractivity contribution in [2.24, 2.45) is 0 Å². The van der Waals surface area contributed by atoms with Gasteiger partial charge in [-0.05, 0) is 26.0 Å². The van der Waals surface area contributed by atoms with Crippen LogP contribution in [0.2, 0.25) is 0 Å². The zero-order valence-electron chi connectivity index (χ0n) is 12.6. The highest BCUT2D eigenvalue weighted by Gasteiger charge is 2.28. The quantitative estimate of drug-likeness (QED) is 0.873. The van der Waals surface area contributed by atoms with Crippen molar-refractivity contribution in [3.8, 4) is 5.75 Å². The summed E-state index contributed by atoms with van der Waals surface area (Å²) in [6, 6.07) is 6.57. The highest BCUT2D eigenvalue weighted by atomic mass is 32.2. The van der Waals surface area contributed by atoms with Gasteiger partial charge < -0.3 is 14.8 Å².